The molecule has 1 aliphatic rings. The van der Waals surface area contributed by atoms with Gasteiger partial charge in [0.25, 0.3) is 5.78 Å². The lowest BCUT2D eigenvalue weighted by molar-refractivity contribution is -0.132. The third-order valence-corrected chi connectivity index (χ3v) is 7.27. The van der Waals surface area contributed by atoms with Crippen molar-refractivity contribution in [3.05, 3.63) is 81.4 Å². The number of rotatable bonds is 5. The number of aliphatic hydroxyl groups excluding tert-OH is 1. The molecule has 1 aromatic heterocycles. The maximum Gasteiger partial charge on any atom is 0.301 e. The molecule has 1 atom stereocenters. The van der Waals surface area contributed by atoms with Gasteiger partial charge in [0, 0.05) is 10.4 Å². The molecule has 1 N–H and O–H groups in total. The van der Waals surface area contributed by atoms with E-state index in [2.05, 4.69) is 25.8 Å². The third-order valence-electron chi connectivity index (χ3n) is 6.20. The summed E-state index contributed by atoms with van der Waals surface area (Å²) in [5, 5.41) is 11.7. The van der Waals surface area contributed by atoms with Crippen LogP contribution in [-0.2, 0) is 15.0 Å². The number of thiazole rings is 1. The summed E-state index contributed by atoms with van der Waals surface area (Å²) in [5.74, 6) is -0.987. The van der Waals surface area contributed by atoms with Gasteiger partial charge < -0.3 is 9.84 Å². The molecule has 35 heavy (non-hydrogen) atoms. The summed E-state index contributed by atoms with van der Waals surface area (Å²) in [7, 11) is 0. The summed E-state index contributed by atoms with van der Waals surface area (Å²) < 4.78 is 5.49. The number of aryl methyl sites for hydroxylation is 2. The monoisotopic (exact) mass is 490 g/mol. The number of hydrogen-bond acceptors (Lipinski definition) is 6. The molecule has 1 amide bonds. The number of nitrogens with zero attached hydrogens (tertiary/aromatic N) is 2. The summed E-state index contributed by atoms with van der Waals surface area (Å²) in [6.07, 6.45) is 0. The van der Waals surface area contributed by atoms with Crippen LogP contribution in [-0.4, -0.2) is 28.4 Å². The van der Waals surface area contributed by atoms with Crippen LogP contribution in [0.3, 0.4) is 0 Å². The average Bonchev–Trinajstić information content (AvgIpc) is 3.28. The molecule has 0 saturated carbocycles. The molecule has 6 nitrogen and oxygen atoms in total. The van der Waals surface area contributed by atoms with E-state index in [0.29, 0.717) is 23.1 Å². The van der Waals surface area contributed by atoms with Gasteiger partial charge in [-0.05, 0) is 61.6 Å². The SMILES string of the molecule is CCOc1ccc(C(O)=C2C(=O)C(=O)N(c3nc(C)c(C)s3)[C@@H]2c2ccc(C(C)(C)C)cc2)cc1. The zero-order valence-electron chi connectivity index (χ0n) is 20.9. The number of ether oxygens (including phenoxy) is 1. The predicted octanol–water partition coefficient (Wildman–Crippen LogP) is 6.08. The average molecular weight is 491 g/mol. The van der Waals surface area contributed by atoms with Crippen molar-refractivity contribution in [2.24, 2.45) is 0 Å². The zero-order chi connectivity index (χ0) is 25.5. The van der Waals surface area contributed by atoms with Gasteiger partial charge in [0.2, 0.25) is 0 Å². The highest BCUT2D eigenvalue weighted by atomic mass is 32.1. The van der Waals surface area contributed by atoms with Gasteiger partial charge in [0.05, 0.1) is 23.9 Å². The van der Waals surface area contributed by atoms with Crippen LogP contribution in [0, 0.1) is 13.8 Å². The van der Waals surface area contributed by atoms with Crippen molar-refractivity contribution in [2.45, 2.75) is 53.0 Å². The van der Waals surface area contributed by atoms with Gasteiger partial charge in [-0.1, -0.05) is 45.0 Å². The van der Waals surface area contributed by atoms with E-state index in [1.807, 2.05) is 45.0 Å². The second-order valence-electron chi connectivity index (χ2n) is 9.64. The number of aromatic nitrogens is 1. The fraction of sp³-hybridized carbons (Fsp3) is 0.321. The van der Waals surface area contributed by atoms with Crippen LogP contribution in [0.25, 0.3) is 5.76 Å². The molecule has 0 unspecified atom stereocenters. The van der Waals surface area contributed by atoms with Crippen molar-refractivity contribution in [3.63, 3.8) is 0 Å². The highest BCUT2D eigenvalue weighted by molar-refractivity contribution is 7.16. The van der Waals surface area contributed by atoms with Crippen LogP contribution in [0.1, 0.15) is 61.0 Å². The van der Waals surface area contributed by atoms with Crippen LogP contribution < -0.4 is 9.64 Å². The number of benzene rings is 2. The summed E-state index contributed by atoms with van der Waals surface area (Å²) >= 11 is 1.36. The first-order valence-electron chi connectivity index (χ1n) is 11.6. The van der Waals surface area contributed by atoms with Gasteiger partial charge in [0.15, 0.2) is 5.13 Å². The van der Waals surface area contributed by atoms with Crippen LogP contribution in [0.2, 0.25) is 0 Å². The molecule has 182 valence electrons. The molecule has 2 aromatic carbocycles. The van der Waals surface area contributed by atoms with Gasteiger partial charge >= 0.3 is 5.91 Å². The highest BCUT2D eigenvalue weighted by Gasteiger charge is 2.48. The molecule has 1 fully saturated rings. The van der Waals surface area contributed by atoms with Crippen molar-refractivity contribution >= 4 is 33.9 Å². The third kappa shape index (κ3) is 4.60. The molecule has 1 aliphatic heterocycles. The number of hydrogen-bond donors (Lipinski definition) is 1. The van der Waals surface area contributed by atoms with E-state index in [4.69, 9.17) is 4.74 Å². The van der Waals surface area contributed by atoms with Crippen molar-refractivity contribution in [2.75, 3.05) is 11.5 Å². The maximum absolute atomic E-state index is 13.3. The molecule has 0 spiro atoms. The van der Waals surface area contributed by atoms with Crippen molar-refractivity contribution in [1.29, 1.82) is 0 Å². The smallest absolute Gasteiger partial charge is 0.301 e. The number of Topliss-reactive ketones (excluding diaryl/α,β-unsaturated/α-hetero) is 1. The van der Waals surface area contributed by atoms with Gasteiger partial charge in [-0.25, -0.2) is 4.98 Å². The van der Waals surface area contributed by atoms with Crippen molar-refractivity contribution in [3.8, 4) is 5.75 Å². The van der Waals surface area contributed by atoms with E-state index >= 15 is 0 Å². The summed E-state index contributed by atoms with van der Waals surface area (Å²) in [4.78, 5) is 33.6. The molecule has 7 heteroatoms. The summed E-state index contributed by atoms with van der Waals surface area (Å²) in [5.41, 5.74) is 3.11. The highest BCUT2D eigenvalue weighted by Crippen LogP contribution is 2.44. The second-order valence-corrected chi connectivity index (χ2v) is 10.8. The molecular weight excluding hydrogens is 460 g/mol. The number of anilines is 1. The number of carbonyl (C=O) groups is 2. The van der Waals surface area contributed by atoms with E-state index in [1.165, 1.54) is 16.2 Å². The van der Waals surface area contributed by atoms with E-state index in [0.717, 1.165) is 21.7 Å². The Bertz CT molecular complexity index is 1280. The minimum atomic E-state index is -0.791. The van der Waals surface area contributed by atoms with E-state index in [9.17, 15) is 14.7 Å². The summed E-state index contributed by atoms with van der Waals surface area (Å²) in [6.45, 7) is 12.6. The lowest BCUT2D eigenvalue weighted by Gasteiger charge is -2.25. The minimum Gasteiger partial charge on any atom is -0.507 e. The number of aliphatic hydroxyl groups is 1. The van der Waals surface area contributed by atoms with Crippen molar-refractivity contribution in [1.82, 2.24) is 4.98 Å². The Morgan fingerprint density at radius 2 is 1.69 bits per heavy atom. The van der Waals surface area contributed by atoms with Gasteiger partial charge in [0.1, 0.15) is 11.5 Å². The van der Waals surface area contributed by atoms with E-state index in [1.54, 1.807) is 24.3 Å². The Labute approximate surface area is 209 Å². The first kappa shape index (κ1) is 24.7. The molecule has 0 radical (unpaired) electrons. The Kier molecular flexibility index (Phi) is 6.56. The molecule has 0 aliphatic carbocycles. The van der Waals surface area contributed by atoms with Gasteiger partial charge in [-0.3, -0.25) is 14.5 Å². The van der Waals surface area contributed by atoms with E-state index in [-0.39, 0.29) is 16.7 Å². The maximum atomic E-state index is 13.3. The van der Waals surface area contributed by atoms with Gasteiger partial charge in [-0.15, -0.1) is 11.3 Å². The normalized spacial score (nSPS) is 17.8. The molecule has 2 heterocycles. The van der Waals surface area contributed by atoms with Crippen LogP contribution in [0.4, 0.5) is 5.13 Å². The Morgan fingerprint density at radius 1 is 1.06 bits per heavy atom. The predicted molar refractivity (Wildman–Crippen MR) is 139 cm³/mol. The Hall–Kier alpha value is -3.45. The van der Waals surface area contributed by atoms with Crippen molar-refractivity contribution < 1.29 is 19.4 Å². The lowest BCUT2D eigenvalue weighted by Crippen LogP contribution is -2.29. The Morgan fingerprint density at radius 3 is 2.20 bits per heavy atom. The molecule has 3 aromatic rings. The second kappa shape index (κ2) is 9.30. The van der Waals surface area contributed by atoms with Crippen LogP contribution in [0.5, 0.6) is 5.75 Å². The fourth-order valence-electron chi connectivity index (χ4n) is 4.10. The number of ketones is 1. The molecule has 0 bridgehead atoms. The topological polar surface area (TPSA) is 79.7 Å². The first-order chi connectivity index (χ1) is 16.5. The number of amides is 1. The minimum absolute atomic E-state index is 0.0492. The van der Waals surface area contributed by atoms with Crippen LogP contribution in [0.15, 0.2) is 54.1 Å². The zero-order valence-corrected chi connectivity index (χ0v) is 21.7. The molecule has 4 rings (SSSR count). The Balaban J connectivity index is 1.88. The molecular formula is C28H30N2O4S. The number of carbonyl (C=O) groups excluding carboxylic acids is 2. The standard InChI is InChI=1S/C28H30N2O4S/c1-7-34-21-14-10-19(11-15-21)24(31)22-23(18-8-12-20(13-9-18)28(4,5)6)30(26(33)25(22)32)27-29-16(2)17(3)35-27/h8-15,23,31H,7H2,1-6H3/t23-/m1/s1. The fourth-order valence-corrected chi connectivity index (χ4v) is 5.04. The lowest BCUT2D eigenvalue weighted by atomic mass is 9.85. The van der Waals surface area contributed by atoms with Gasteiger partial charge in [-0.2, -0.15) is 0 Å². The van der Waals surface area contributed by atoms with Crippen LogP contribution >= 0.6 is 11.3 Å². The first-order valence-corrected chi connectivity index (χ1v) is 12.4. The summed E-state index contributed by atoms with van der Waals surface area (Å²) in [6, 6.07) is 13.9. The van der Waals surface area contributed by atoms with E-state index < -0.39 is 17.7 Å². The quantitative estimate of drug-likeness (QED) is 0.266. The molecule has 1 saturated heterocycles. The largest absolute Gasteiger partial charge is 0.507 e.